The number of hydrogen-bond acceptors (Lipinski definition) is 8. The minimum atomic E-state index is -1.37. The number of aromatic nitrogens is 1. The van der Waals surface area contributed by atoms with Gasteiger partial charge < -0.3 is 25.3 Å². The maximum Gasteiger partial charge on any atom is 0.306 e. The average molecular weight is 628 g/mol. The number of aryl methyl sites for hydroxylation is 3. The van der Waals surface area contributed by atoms with Crippen molar-refractivity contribution in [3.8, 4) is 11.1 Å². The zero-order valence-electron chi connectivity index (χ0n) is 26.7. The second kappa shape index (κ2) is 11.9. The molecule has 1 unspecified atom stereocenters. The van der Waals surface area contributed by atoms with Crippen LogP contribution in [-0.4, -0.2) is 57.8 Å². The molecule has 0 aliphatic carbocycles. The standard InChI is InChI=1S/C34H37N5O7/c1-18-14-20(17-37(5)31(18)43)22-15-19-10-12-27(40)38(6)26(19)16-24(22)36-23-9-7-8-21-29(23)33(45)39(32(21)44)25(30(35)42)11-13-28(41)46-34(2,3)4/h7-9,14-17,25,36H,10-13H2,1-6H3,(H2,35,42). The molecule has 0 spiro atoms. The number of anilines is 3. The van der Waals surface area contributed by atoms with Crippen molar-refractivity contribution in [1.29, 1.82) is 0 Å². The largest absolute Gasteiger partial charge is 0.460 e. The third kappa shape index (κ3) is 6.02. The average Bonchev–Trinajstić information content (AvgIpc) is 3.22. The molecule has 1 atom stereocenters. The molecule has 4 amide bonds. The molecule has 46 heavy (non-hydrogen) atoms. The van der Waals surface area contributed by atoms with E-state index < -0.39 is 35.3 Å². The summed E-state index contributed by atoms with van der Waals surface area (Å²) in [5.41, 5.74) is 9.33. The summed E-state index contributed by atoms with van der Waals surface area (Å²) in [6.45, 7) is 6.85. The van der Waals surface area contributed by atoms with E-state index in [2.05, 4.69) is 5.32 Å². The number of nitrogens with two attached hydrogens (primary N) is 1. The maximum absolute atomic E-state index is 13.9. The van der Waals surface area contributed by atoms with E-state index in [1.165, 1.54) is 10.6 Å². The summed E-state index contributed by atoms with van der Waals surface area (Å²) in [4.78, 5) is 79.8. The molecule has 5 rings (SSSR count). The van der Waals surface area contributed by atoms with Crippen LogP contribution >= 0.6 is 0 Å². The van der Waals surface area contributed by atoms with E-state index in [-0.39, 0.29) is 35.4 Å². The quantitative estimate of drug-likeness (QED) is 0.283. The van der Waals surface area contributed by atoms with Crippen molar-refractivity contribution in [3.63, 3.8) is 0 Å². The van der Waals surface area contributed by atoms with Gasteiger partial charge in [-0.15, -0.1) is 0 Å². The van der Waals surface area contributed by atoms with Crippen molar-refractivity contribution in [2.24, 2.45) is 12.8 Å². The Morgan fingerprint density at radius 1 is 0.978 bits per heavy atom. The number of nitrogens with zero attached hydrogens (tertiary/aromatic N) is 3. The van der Waals surface area contributed by atoms with Crippen molar-refractivity contribution < 1.29 is 28.7 Å². The Morgan fingerprint density at radius 3 is 2.35 bits per heavy atom. The minimum Gasteiger partial charge on any atom is -0.460 e. The van der Waals surface area contributed by atoms with E-state index in [0.29, 0.717) is 35.5 Å². The molecule has 0 saturated heterocycles. The van der Waals surface area contributed by atoms with E-state index in [1.54, 1.807) is 71.1 Å². The lowest BCUT2D eigenvalue weighted by Gasteiger charge is -2.28. The number of rotatable bonds is 8. The van der Waals surface area contributed by atoms with E-state index in [0.717, 1.165) is 21.6 Å². The van der Waals surface area contributed by atoms with Gasteiger partial charge in [0.1, 0.15) is 11.6 Å². The summed E-state index contributed by atoms with van der Waals surface area (Å²) < 4.78 is 6.81. The first-order valence-electron chi connectivity index (χ1n) is 15.0. The van der Waals surface area contributed by atoms with E-state index >= 15 is 0 Å². The highest BCUT2D eigenvalue weighted by atomic mass is 16.6. The van der Waals surface area contributed by atoms with Crippen molar-refractivity contribution in [2.45, 2.75) is 65.0 Å². The molecule has 12 heteroatoms. The number of imide groups is 1. The molecule has 2 aliphatic rings. The topological polar surface area (TPSA) is 161 Å². The minimum absolute atomic E-state index is 0.0370. The Hall–Kier alpha value is -5.26. The number of benzene rings is 2. The zero-order valence-corrected chi connectivity index (χ0v) is 26.7. The van der Waals surface area contributed by atoms with Gasteiger partial charge in [0.05, 0.1) is 16.8 Å². The molecule has 12 nitrogen and oxygen atoms in total. The monoisotopic (exact) mass is 627 g/mol. The molecule has 240 valence electrons. The number of primary amides is 1. The number of carbonyl (C=O) groups excluding carboxylic acids is 5. The highest BCUT2D eigenvalue weighted by molar-refractivity contribution is 6.25. The molecule has 0 fully saturated rings. The molecule has 3 aromatic rings. The summed E-state index contributed by atoms with van der Waals surface area (Å²) in [5.74, 6) is -3.00. The number of hydrogen-bond donors (Lipinski definition) is 2. The molecule has 0 bridgehead atoms. The predicted molar refractivity (Wildman–Crippen MR) is 172 cm³/mol. The van der Waals surface area contributed by atoms with Gasteiger partial charge in [-0.25, -0.2) is 0 Å². The zero-order chi connectivity index (χ0) is 33.7. The SMILES string of the molecule is Cc1cc(-c2cc3c(cc2Nc2cccc4c2C(=O)N(C(CCC(=O)OC(C)(C)C)C(N)=O)C4=O)N(C)C(=O)CC3)cn(C)c1=O. The Morgan fingerprint density at radius 2 is 1.70 bits per heavy atom. The Kier molecular flexibility index (Phi) is 8.33. The Labute approximate surface area is 266 Å². The summed E-state index contributed by atoms with van der Waals surface area (Å²) in [7, 11) is 3.36. The second-order valence-electron chi connectivity index (χ2n) is 12.7. The van der Waals surface area contributed by atoms with Gasteiger partial charge in [0.15, 0.2) is 0 Å². The number of amides is 4. The van der Waals surface area contributed by atoms with Crippen LogP contribution in [0, 0.1) is 6.92 Å². The fourth-order valence-corrected chi connectivity index (χ4v) is 5.94. The van der Waals surface area contributed by atoms with Gasteiger partial charge in [0.25, 0.3) is 17.4 Å². The highest BCUT2D eigenvalue weighted by Gasteiger charge is 2.44. The number of nitrogens with one attached hydrogen (secondary N) is 1. The predicted octanol–water partition coefficient (Wildman–Crippen LogP) is 3.59. The van der Waals surface area contributed by atoms with Crippen molar-refractivity contribution in [3.05, 3.63) is 75.2 Å². The fourth-order valence-electron chi connectivity index (χ4n) is 5.94. The van der Waals surface area contributed by atoms with Crippen molar-refractivity contribution >= 4 is 46.7 Å². The summed E-state index contributed by atoms with van der Waals surface area (Å²) in [6.07, 6.45) is 2.19. The van der Waals surface area contributed by atoms with Crippen LogP contribution in [0.4, 0.5) is 17.1 Å². The number of ether oxygens (including phenoxy) is 1. The lowest BCUT2D eigenvalue weighted by molar-refractivity contribution is -0.155. The molecular weight excluding hydrogens is 590 g/mol. The van der Waals surface area contributed by atoms with Crippen LogP contribution in [0.3, 0.4) is 0 Å². The van der Waals surface area contributed by atoms with Gasteiger partial charge in [0, 0.05) is 61.2 Å². The van der Waals surface area contributed by atoms with E-state index in [9.17, 15) is 28.8 Å². The number of pyridine rings is 1. The van der Waals surface area contributed by atoms with Crippen molar-refractivity contribution in [2.75, 3.05) is 17.3 Å². The smallest absolute Gasteiger partial charge is 0.306 e. The molecule has 0 radical (unpaired) electrons. The first-order valence-corrected chi connectivity index (χ1v) is 15.0. The van der Waals surface area contributed by atoms with E-state index in [1.807, 2.05) is 12.1 Å². The van der Waals surface area contributed by atoms with Crippen LogP contribution in [-0.2, 0) is 32.6 Å². The number of carbonyl (C=O) groups is 5. The first kappa shape index (κ1) is 32.1. The van der Waals surface area contributed by atoms with Crippen molar-refractivity contribution in [1.82, 2.24) is 9.47 Å². The summed E-state index contributed by atoms with van der Waals surface area (Å²) in [6, 6.07) is 8.91. The molecule has 3 heterocycles. The Bertz CT molecular complexity index is 1840. The summed E-state index contributed by atoms with van der Waals surface area (Å²) >= 11 is 0. The third-order valence-electron chi connectivity index (χ3n) is 8.13. The van der Waals surface area contributed by atoms with Gasteiger partial charge in [-0.1, -0.05) is 6.07 Å². The normalized spacial score (nSPS) is 15.0. The lowest BCUT2D eigenvalue weighted by Crippen LogP contribution is -2.48. The van der Waals surface area contributed by atoms with Gasteiger partial charge in [-0.2, -0.15) is 0 Å². The number of esters is 1. The molecule has 3 N–H and O–H groups in total. The molecule has 1 aromatic heterocycles. The van der Waals surface area contributed by atoms with Gasteiger partial charge in [0.2, 0.25) is 11.8 Å². The maximum atomic E-state index is 13.9. The van der Waals surface area contributed by atoms with Gasteiger partial charge in [-0.05, 0) is 76.4 Å². The first-order chi connectivity index (χ1) is 21.6. The molecule has 2 aromatic carbocycles. The lowest BCUT2D eigenvalue weighted by atomic mass is 9.94. The fraction of sp³-hybridized carbons (Fsp3) is 0.353. The summed E-state index contributed by atoms with van der Waals surface area (Å²) in [5, 5.41) is 3.31. The second-order valence-corrected chi connectivity index (χ2v) is 12.7. The van der Waals surface area contributed by atoms with Gasteiger partial charge >= 0.3 is 5.97 Å². The van der Waals surface area contributed by atoms with Crippen LogP contribution in [0.5, 0.6) is 0 Å². The van der Waals surface area contributed by atoms with Crippen LogP contribution in [0.25, 0.3) is 11.1 Å². The Balaban J connectivity index is 1.55. The molecule has 0 saturated carbocycles. The van der Waals surface area contributed by atoms with E-state index in [4.69, 9.17) is 10.5 Å². The number of fused-ring (bicyclic) bond motifs is 2. The third-order valence-corrected chi connectivity index (χ3v) is 8.13. The van der Waals surface area contributed by atoms with Crippen LogP contribution in [0.15, 0.2) is 47.4 Å². The van der Waals surface area contributed by atoms with Crippen LogP contribution < -0.4 is 21.5 Å². The molecule has 2 aliphatic heterocycles. The molecular formula is C34H37N5O7. The van der Waals surface area contributed by atoms with Gasteiger partial charge in [-0.3, -0.25) is 33.7 Å². The van der Waals surface area contributed by atoms with Crippen LogP contribution in [0.1, 0.15) is 71.9 Å². The highest BCUT2D eigenvalue weighted by Crippen LogP contribution is 2.41. The van der Waals surface area contributed by atoms with Crippen LogP contribution in [0.2, 0.25) is 0 Å².